The SMILES string of the molecule is Cc1nc(C(C)C)sc1C(=O)N[C@H]1C=CS(=O)(=O)C1. The summed E-state index contributed by atoms with van der Waals surface area (Å²) in [6.07, 6.45) is 1.51. The molecule has 0 fully saturated rings. The van der Waals surface area contributed by atoms with Crippen molar-refractivity contribution in [3.8, 4) is 0 Å². The van der Waals surface area contributed by atoms with E-state index < -0.39 is 15.9 Å². The van der Waals surface area contributed by atoms with Crippen LogP contribution in [0.5, 0.6) is 0 Å². The van der Waals surface area contributed by atoms with Crippen LogP contribution in [-0.2, 0) is 9.84 Å². The van der Waals surface area contributed by atoms with Gasteiger partial charge in [0.1, 0.15) is 4.88 Å². The third-order valence-electron chi connectivity index (χ3n) is 2.76. The maximum Gasteiger partial charge on any atom is 0.263 e. The number of carbonyl (C=O) groups is 1. The molecule has 0 bridgehead atoms. The summed E-state index contributed by atoms with van der Waals surface area (Å²) in [4.78, 5) is 17.0. The molecule has 0 radical (unpaired) electrons. The van der Waals surface area contributed by atoms with Crippen molar-refractivity contribution in [2.45, 2.75) is 32.7 Å². The third-order valence-corrected chi connectivity index (χ3v) is 5.61. The molecule has 7 heteroatoms. The fourth-order valence-electron chi connectivity index (χ4n) is 1.77. The van der Waals surface area contributed by atoms with Crippen LogP contribution in [0, 0.1) is 6.92 Å². The number of rotatable bonds is 3. The Morgan fingerprint density at radius 1 is 1.53 bits per heavy atom. The summed E-state index contributed by atoms with van der Waals surface area (Å²) in [5.41, 5.74) is 0.691. The van der Waals surface area contributed by atoms with E-state index in [1.165, 1.54) is 17.4 Å². The predicted molar refractivity (Wildman–Crippen MR) is 75.1 cm³/mol. The molecule has 0 aliphatic carbocycles. The number of aromatic nitrogens is 1. The minimum absolute atomic E-state index is 0.0619. The summed E-state index contributed by atoms with van der Waals surface area (Å²) in [6, 6.07) is -0.443. The second-order valence-corrected chi connectivity index (χ2v) is 7.82. The summed E-state index contributed by atoms with van der Waals surface area (Å²) >= 11 is 1.36. The smallest absolute Gasteiger partial charge is 0.263 e. The molecule has 1 aliphatic heterocycles. The van der Waals surface area contributed by atoms with Crippen molar-refractivity contribution in [3.05, 3.63) is 27.1 Å². The zero-order valence-electron chi connectivity index (χ0n) is 11.0. The molecule has 0 aromatic carbocycles. The van der Waals surface area contributed by atoms with Gasteiger partial charge in [-0.1, -0.05) is 13.8 Å². The van der Waals surface area contributed by atoms with Gasteiger partial charge in [0.15, 0.2) is 9.84 Å². The fraction of sp³-hybridized carbons (Fsp3) is 0.500. The van der Waals surface area contributed by atoms with Gasteiger partial charge in [-0.3, -0.25) is 4.79 Å². The van der Waals surface area contributed by atoms with Crippen LogP contribution >= 0.6 is 11.3 Å². The maximum atomic E-state index is 12.1. The average molecular weight is 300 g/mol. The lowest BCUT2D eigenvalue weighted by molar-refractivity contribution is 0.0951. The molecule has 1 N–H and O–H groups in total. The second-order valence-electron chi connectivity index (χ2n) is 4.86. The number of nitrogens with zero attached hydrogens (tertiary/aromatic N) is 1. The number of aryl methyl sites for hydroxylation is 1. The van der Waals surface area contributed by atoms with Crippen LogP contribution < -0.4 is 5.32 Å². The highest BCUT2D eigenvalue weighted by atomic mass is 32.2. The molecule has 1 aliphatic rings. The van der Waals surface area contributed by atoms with Crippen molar-refractivity contribution >= 4 is 27.1 Å². The molecular weight excluding hydrogens is 284 g/mol. The number of hydrogen-bond donors (Lipinski definition) is 1. The predicted octanol–water partition coefficient (Wildman–Crippen LogP) is 1.62. The summed E-state index contributed by atoms with van der Waals surface area (Å²) in [5, 5.41) is 4.77. The fourth-order valence-corrected chi connectivity index (χ4v) is 3.98. The molecule has 5 nitrogen and oxygen atoms in total. The standard InChI is InChI=1S/C12H16N2O3S2/c1-7(2)12-13-8(3)10(18-12)11(15)14-9-4-5-19(16,17)6-9/h4-5,7,9H,6H2,1-3H3,(H,14,15)/t9-/m0/s1. The highest BCUT2D eigenvalue weighted by Gasteiger charge is 2.25. The lowest BCUT2D eigenvalue weighted by Gasteiger charge is -2.08. The van der Waals surface area contributed by atoms with Crippen LogP contribution in [0.2, 0.25) is 0 Å². The normalized spacial score (nSPS) is 20.9. The number of carbonyl (C=O) groups excluding carboxylic acids is 1. The van der Waals surface area contributed by atoms with Crippen molar-refractivity contribution in [1.82, 2.24) is 10.3 Å². The molecule has 104 valence electrons. The van der Waals surface area contributed by atoms with Gasteiger partial charge in [0.2, 0.25) is 0 Å². The van der Waals surface area contributed by atoms with Crippen LogP contribution in [0.15, 0.2) is 11.5 Å². The summed E-state index contributed by atoms with van der Waals surface area (Å²) in [5.74, 6) is -0.0428. The van der Waals surface area contributed by atoms with E-state index in [4.69, 9.17) is 0 Å². The largest absolute Gasteiger partial charge is 0.344 e. The molecule has 0 spiro atoms. The lowest BCUT2D eigenvalue weighted by Crippen LogP contribution is -2.35. The minimum Gasteiger partial charge on any atom is -0.344 e. The van der Waals surface area contributed by atoms with Crippen molar-refractivity contribution in [1.29, 1.82) is 0 Å². The van der Waals surface area contributed by atoms with Crippen LogP contribution in [0.25, 0.3) is 0 Å². The quantitative estimate of drug-likeness (QED) is 0.920. The number of amides is 1. The highest BCUT2D eigenvalue weighted by Crippen LogP contribution is 2.24. The Balaban J connectivity index is 2.11. The van der Waals surface area contributed by atoms with Crippen LogP contribution in [-0.4, -0.2) is 31.1 Å². The first-order chi connectivity index (χ1) is 8.78. The molecule has 0 saturated carbocycles. The van der Waals surface area contributed by atoms with Gasteiger partial charge >= 0.3 is 0 Å². The van der Waals surface area contributed by atoms with E-state index in [1.807, 2.05) is 13.8 Å². The van der Waals surface area contributed by atoms with Crippen molar-refractivity contribution in [2.75, 3.05) is 5.75 Å². The van der Waals surface area contributed by atoms with E-state index in [1.54, 1.807) is 6.92 Å². The van der Waals surface area contributed by atoms with E-state index in [-0.39, 0.29) is 17.6 Å². The zero-order chi connectivity index (χ0) is 14.2. The van der Waals surface area contributed by atoms with Crippen LogP contribution in [0.1, 0.15) is 40.1 Å². The van der Waals surface area contributed by atoms with Crippen molar-refractivity contribution < 1.29 is 13.2 Å². The van der Waals surface area contributed by atoms with Crippen molar-refractivity contribution in [3.63, 3.8) is 0 Å². The molecule has 1 amide bonds. The first-order valence-electron chi connectivity index (χ1n) is 5.97. The van der Waals surface area contributed by atoms with Gasteiger partial charge in [0, 0.05) is 11.3 Å². The average Bonchev–Trinajstić information content (AvgIpc) is 2.82. The summed E-state index contributed by atoms with van der Waals surface area (Å²) in [6.45, 7) is 5.83. The van der Waals surface area contributed by atoms with E-state index in [2.05, 4.69) is 10.3 Å². The second kappa shape index (κ2) is 5.05. The number of thiazole rings is 1. The molecule has 19 heavy (non-hydrogen) atoms. The van der Waals surface area contributed by atoms with Crippen molar-refractivity contribution in [2.24, 2.45) is 0 Å². The number of hydrogen-bond acceptors (Lipinski definition) is 5. The molecule has 1 atom stereocenters. The van der Waals surface area contributed by atoms with Crippen LogP contribution in [0.3, 0.4) is 0 Å². The molecule has 1 aromatic heterocycles. The Bertz CT molecular complexity index is 629. The van der Waals surface area contributed by atoms with Crippen LogP contribution in [0.4, 0.5) is 0 Å². The van der Waals surface area contributed by atoms with E-state index in [9.17, 15) is 13.2 Å². The highest BCUT2D eigenvalue weighted by molar-refractivity contribution is 7.94. The molecule has 0 unspecified atom stereocenters. The Hall–Kier alpha value is -1.21. The Morgan fingerprint density at radius 3 is 2.68 bits per heavy atom. The van der Waals surface area contributed by atoms with Gasteiger partial charge in [-0.15, -0.1) is 11.3 Å². The van der Waals surface area contributed by atoms with Gasteiger partial charge < -0.3 is 5.32 Å². The summed E-state index contributed by atoms with van der Waals surface area (Å²) in [7, 11) is -3.15. The topological polar surface area (TPSA) is 76.1 Å². The third kappa shape index (κ3) is 3.22. The van der Waals surface area contributed by atoms with Gasteiger partial charge in [0.05, 0.1) is 22.5 Å². The number of nitrogens with one attached hydrogen (secondary N) is 1. The molecular formula is C12H16N2O3S2. The molecule has 0 saturated heterocycles. The number of sulfone groups is 1. The van der Waals surface area contributed by atoms with Gasteiger partial charge in [-0.25, -0.2) is 13.4 Å². The Labute approximate surface area is 116 Å². The van der Waals surface area contributed by atoms with Gasteiger partial charge in [-0.05, 0) is 13.0 Å². The summed E-state index contributed by atoms with van der Waals surface area (Å²) < 4.78 is 22.5. The molecule has 2 heterocycles. The van der Waals surface area contributed by atoms with E-state index >= 15 is 0 Å². The van der Waals surface area contributed by atoms with E-state index in [0.717, 1.165) is 10.4 Å². The minimum atomic E-state index is -3.15. The Kier molecular flexibility index (Phi) is 3.78. The zero-order valence-corrected chi connectivity index (χ0v) is 12.6. The molecule has 1 aromatic rings. The first kappa shape index (κ1) is 14.2. The maximum absolute atomic E-state index is 12.1. The lowest BCUT2D eigenvalue weighted by atomic mass is 10.2. The first-order valence-corrected chi connectivity index (χ1v) is 8.51. The Morgan fingerprint density at radius 2 is 2.21 bits per heavy atom. The monoisotopic (exact) mass is 300 g/mol. The molecule has 2 rings (SSSR count). The van der Waals surface area contributed by atoms with Gasteiger partial charge in [0.25, 0.3) is 5.91 Å². The van der Waals surface area contributed by atoms with Gasteiger partial charge in [-0.2, -0.15) is 0 Å². The van der Waals surface area contributed by atoms with E-state index in [0.29, 0.717) is 10.6 Å².